The van der Waals surface area contributed by atoms with E-state index in [1.165, 1.54) is 4.90 Å². The van der Waals surface area contributed by atoms with Gasteiger partial charge < -0.3 is 30.9 Å². The number of hydrogen-bond acceptors (Lipinski definition) is 7. The van der Waals surface area contributed by atoms with Gasteiger partial charge in [0.05, 0.1) is 4.05 Å². The number of para-hydroxylation sites is 1. The number of aliphatic carboxylic acids is 1. The number of alkyl halides is 1. The molecule has 2 aromatic rings. The van der Waals surface area contributed by atoms with Crippen molar-refractivity contribution in [2.75, 3.05) is 13.2 Å². The quantitative estimate of drug-likeness (QED) is 0.138. The summed E-state index contributed by atoms with van der Waals surface area (Å²) in [6.45, 7) is 5.68. The minimum Gasteiger partial charge on any atom is -0.484 e. The summed E-state index contributed by atoms with van der Waals surface area (Å²) in [7, 11) is 0. The van der Waals surface area contributed by atoms with E-state index in [0.29, 0.717) is 37.1 Å². The van der Waals surface area contributed by atoms with Gasteiger partial charge in [0.2, 0.25) is 11.8 Å². The molecule has 4 amide bonds. The van der Waals surface area contributed by atoms with E-state index in [0.717, 1.165) is 5.56 Å². The van der Waals surface area contributed by atoms with Crippen molar-refractivity contribution in [3.63, 3.8) is 0 Å². The topological polar surface area (TPSA) is 177 Å². The maximum absolute atomic E-state index is 13.1. The molecule has 2 unspecified atom stereocenters. The summed E-state index contributed by atoms with van der Waals surface area (Å²) in [4.78, 5) is 63.5. The number of nitrogens with two attached hydrogens (primary N) is 1. The number of carboxylic acids is 1. The number of nitrogens with one attached hydrogen (secondary N) is 2. The molecule has 2 aromatic carbocycles. The number of aryl methyl sites for hydroxylation is 1. The van der Waals surface area contributed by atoms with Gasteiger partial charge in [0.1, 0.15) is 23.6 Å². The average molecular weight is 723 g/mol. The normalized spacial score (nSPS) is 17.7. The zero-order valence-electron chi connectivity index (χ0n) is 25.0. The maximum Gasteiger partial charge on any atom is 0.416 e. The summed E-state index contributed by atoms with van der Waals surface area (Å²) in [5.41, 5.74) is 6.85. The third kappa shape index (κ3) is 10.4. The number of rotatable bonds is 13. The number of carbonyl (C=O) groups is 5. The lowest BCUT2D eigenvalue weighted by Gasteiger charge is -2.34. The highest BCUT2D eigenvalue weighted by Gasteiger charge is 2.33. The minimum absolute atomic E-state index is 0.0372. The highest BCUT2D eigenvalue weighted by molar-refractivity contribution is 14.1. The molecule has 5 N–H and O–H groups in total. The lowest BCUT2D eigenvalue weighted by atomic mass is 9.97. The molecule has 4 atom stereocenters. The predicted molar refractivity (Wildman–Crippen MR) is 170 cm³/mol. The molecule has 1 aliphatic rings. The van der Waals surface area contributed by atoms with Gasteiger partial charge in [-0.1, -0.05) is 66.8 Å². The van der Waals surface area contributed by atoms with Gasteiger partial charge in [0.15, 0.2) is 6.61 Å². The van der Waals surface area contributed by atoms with Crippen molar-refractivity contribution in [2.45, 2.75) is 62.6 Å². The summed E-state index contributed by atoms with van der Waals surface area (Å²) in [6.07, 6.45) is 0.624. The van der Waals surface area contributed by atoms with Crippen molar-refractivity contribution < 1.29 is 38.6 Å². The van der Waals surface area contributed by atoms with Crippen LogP contribution < -0.4 is 25.8 Å². The van der Waals surface area contributed by atoms with Crippen LogP contribution in [-0.2, 0) is 25.6 Å². The average Bonchev–Trinajstić information content (AvgIpc) is 2.96. The molecule has 3 rings (SSSR count). The van der Waals surface area contributed by atoms with Crippen molar-refractivity contribution >= 4 is 52.4 Å². The fourth-order valence-corrected chi connectivity index (χ4v) is 5.86. The Hall–Kier alpha value is -3.88. The molecule has 13 heteroatoms. The third-order valence-electron chi connectivity index (χ3n) is 7.17. The van der Waals surface area contributed by atoms with Gasteiger partial charge in [-0.15, -0.1) is 0 Å². The second-order valence-corrected chi connectivity index (χ2v) is 12.6. The van der Waals surface area contributed by atoms with Crippen LogP contribution in [0.25, 0.3) is 0 Å². The number of piperidine rings is 1. The highest BCUT2D eigenvalue weighted by Crippen LogP contribution is 2.28. The summed E-state index contributed by atoms with van der Waals surface area (Å²) < 4.78 is 10.8. The Labute approximate surface area is 270 Å². The van der Waals surface area contributed by atoms with Crippen molar-refractivity contribution in [1.82, 2.24) is 15.5 Å². The van der Waals surface area contributed by atoms with Gasteiger partial charge >= 0.3 is 12.1 Å². The van der Waals surface area contributed by atoms with Crippen LogP contribution in [0.1, 0.15) is 44.2 Å². The van der Waals surface area contributed by atoms with Crippen molar-refractivity contribution in [3.8, 4) is 11.5 Å². The predicted octanol–water partition coefficient (Wildman–Crippen LogP) is 3.17. The molecule has 0 bridgehead atoms. The molecule has 1 heterocycles. The first-order chi connectivity index (χ1) is 20.8. The van der Waals surface area contributed by atoms with Gasteiger partial charge in [-0.2, -0.15) is 0 Å². The second-order valence-electron chi connectivity index (χ2n) is 11.2. The summed E-state index contributed by atoms with van der Waals surface area (Å²) >= 11 is 2.08. The molecule has 0 aliphatic carbocycles. The monoisotopic (exact) mass is 722 g/mol. The molecule has 44 heavy (non-hydrogen) atoms. The zero-order chi connectivity index (χ0) is 32.4. The number of halogens is 1. The Morgan fingerprint density at radius 2 is 1.73 bits per heavy atom. The SMILES string of the molecule is Cc1ccccc1OCC(=O)N[C@@H](CC(C)C)C(=O)N[C@@H](Cc1ccc(OC(=O)N2CCC(C(N)=O)CC2I)cc1)C(=O)O. The van der Waals surface area contributed by atoms with Crippen molar-refractivity contribution in [2.24, 2.45) is 17.6 Å². The van der Waals surface area contributed by atoms with Crippen LogP contribution in [-0.4, -0.2) is 69.1 Å². The minimum atomic E-state index is -1.27. The maximum atomic E-state index is 13.1. The van der Waals surface area contributed by atoms with Crippen LogP contribution in [0, 0.1) is 18.8 Å². The fourth-order valence-electron chi connectivity index (χ4n) is 4.74. The van der Waals surface area contributed by atoms with E-state index in [2.05, 4.69) is 33.2 Å². The van der Waals surface area contributed by atoms with E-state index in [1.807, 2.05) is 32.9 Å². The molecule has 1 aliphatic heterocycles. The second kappa shape index (κ2) is 16.3. The number of nitrogens with zero attached hydrogens (tertiary/aromatic N) is 1. The van der Waals surface area contributed by atoms with Crippen LogP contribution in [0.2, 0.25) is 0 Å². The van der Waals surface area contributed by atoms with Gasteiger partial charge in [-0.3, -0.25) is 19.3 Å². The first kappa shape index (κ1) is 34.6. The molecule has 238 valence electrons. The zero-order valence-corrected chi connectivity index (χ0v) is 27.1. The smallest absolute Gasteiger partial charge is 0.416 e. The lowest BCUT2D eigenvalue weighted by Crippen LogP contribution is -2.53. The van der Waals surface area contributed by atoms with Gasteiger partial charge in [-0.25, -0.2) is 9.59 Å². The Morgan fingerprint density at radius 1 is 1.05 bits per heavy atom. The number of carbonyl (C=O) groups excluding carboxylic acids is 4. The first-order valence-electron chi connectivity index (χ1n) is 14.4. The van der Waals surface area contributed by atoms with E-state index < -0.39 is 36.0 Å². The summed E-state index contributed by atoms with van der Waals surface area (Å²) in [5, 5.41) is 15.0. The molecule has 0 saturated carbocycles. The number of carboxylic acid groups (broad SMARTS) is 1. The number of hydrogen-bond donors (Lipinski definition) is 4. The van der Waals surface area contributed by atoms with Crippen molar-refractivity contribution in [3.05, 3.63) is 59.7 Å². The van der Waals surface area contributed by atoms with Gasteiger partial charge in [0.25, 0.3) is 5.91 Å². The van der Waals surface area contributed by atoms with Crippen LogP contribution in [0.5, 0.6) is 11.5 Å². The third-order valence-corrected chi connectivity index (χ3v) is 8.35. The standard InChI is InChI=1S/C31H39IN4O8/c1-18(2)14-23(34-27(37)17-43-25-7-5-4-6-19(25)3)29(39)35-24(30(40)41)15-20-8-10-22(11-9-20)44-31(42)36-13-12-21(28(33)38)16-26(36)32/h4-11,18,21,23-24,26H,12-17H2,1-3H3,(H2,33,38)(H,34,37)(H,35,39)(H,40,41)/t21?,23-,24-,26?/m0/s1. The Morgan fingerprint density at radius 3 is 2.32 bits per heavy atom. The number of amides is 4. The Balaban J connectivity index is 1.57. The number of benzene rings is 2. The van der Waals surface area contributed by atoms with E-state index in [9.17, 15) is 29.1 Å². The fraction of sp³-hybridized carbons (Fsp3) is 0.452. The van der Waals surface area contributed by atoms with Gasteiger partial charge in [-0.05, 0) is 61.4 Å². The van der Waals surface area contributed by atoms with E-state index >= 15 is 0 Å². The molecular formula is C31H39IN4O8. The molecule has 0 spiro atoms. The van der Waals surface area contributed by atoms with Crippen LogP contribution in [0.15, 0.2) is 48.5 Å². The number of likely N-dealkylation sites (tertiary alicyclic amines) is 1. The highest BCUT2D eigenvalue weighted by atomic mass is 127. The van der Waals surface area contributed by atoms with Crippen LogP contribution in [0.4, 0.5) is 4.79 Å². The number of primary amides is 1. The molecule has 1 saturated heterocycles. The molecule has 0 radical (unpaired) electrons. The summed E-state index contributed by atoms with van der Waals surface area (Å²) in [6, 6.07) is 11.3. The Kier molecular flexibility index (Phi) is 12.8. The first-order valence-corrected chi connectivity index (χ1v) is 15.6. The van der Waals surface area contributed by atoms with Crippen LogP contribution >= 0.6 is 22.6 Å². The van der Waals surface area contributed by atoms with E-state index in [4.69, 9.17) is 15.2 Å². The molecule has 0 aromatic heterocycles. The van der Waals surface area contributed by atoms with E-state index in [1.54, 1.807) is 36.4 Å². The number of ether oxygens (including phenoxy) is 2. The molecule has 1 fully saturated rings. The van der Waals surface area contributed by atoms with Gasteiger partial charge in [0, 0.05) is 18.9 Å². The molecule has 12 nitrogen and oxygen atoms in total. The van der Waals surface area contributed by atoms with Crippen LogP contribution in [0.3, 0.4) is 0 Å². The Bertz CT molecular complexity index is 1340. The lowest BCUT2D eigenvalue weighted by molar-refractivity contribution is -0.142. The van der Waals surface area contributed by atoms with E-state index in [-0.39, 0.29) is 40.6 Å². The largest absolute Gasteiger partial charge is 0.484 e. The summed E-state index contributed by atoms with van der Waals surface area (Å²) in [5.74, 6) is -2.15. The molecular weight excluding hydrogens is 683 g/mol. The van der Waals surface area contributed by atoms with Crippen molar-refractivity contribution in [1.29, 1.82) is 0 Å².